The molecule has 2 aromatic heterocycles. The minimum Gasteiger partial charge on any atom is -0.519 e. The first-order valence-electron chi connectivity index (χ1n) is 6.70. The Kier molecular flexibility index (Phi) is 3.67. The molecule has 2 aromatic carbocycles. The lowest BCUT2D eigenvalue weighted by molar-refractivity contribution is 0.474. The van der Waals surface area contributed by atoms with E-state index in [9.17, 15) is 8.78 Å². The van der Waals surface area contributed by atoms with E-state index in [2.05, 4.69) is 0 Å². The zero-order chi connectivity index (χ0) is 15.8. The zero-order valence-electron chi connectivity index (χ0n) is 11.6. The Morgan fingerprint density at radius 1 is 0.696 bits per heavy atom. The summed E-state index contributed by atoms with van der Waals surface area (Å²) in [5, 5.41) is 3.05. The zero-order valence-corrected chi connectivity index (χ0v) is 13.2. The standard InChI is InChI=1S/C16H8BF2O2S2/c18-11-3-1-9-5-15(22-13(9)7-11)20-17-21-16-6-10-2-4-12(19)8-14(10)23-16/h1-8H. The molecule has 0 N–H and O–H groups in total. The SMILES string of the molecule is Fc1ccc2cc(O[B]Oc3cc4ccc(F)cc4s3)sc2c1. The maximum atomic E-state index is 13.2. The Hall–Kier alpha value is -2.12. The van der Waals surface area contributed by atoms with Crippen molar-refractivity contribution in [1.82, 2.24) is 0 Å². The highest BCUT2D eigenvalue weighted by Gasteiger charge is 2.09. The summed E-state index contributed by atoms with van der Waals surface area (Å²) >= 11 is 2.67. The Morgan fingerprint density at radius 2 is 1.17 bits per heavy atom. The molecule has 23 heavy (non-hydrogen) atoms. The van der Waals surface area contributed by atoms with Crippen molar-refractivity contribution in [3.05, 3.63) is 60.2 Å². The van der Waals surface area contributed by atoms with Crippen LogP contribution in [0.1, 0.15) is 0 Å². The molecule has 2 nitrogen and oxygen atoms in total. The maximum absolute atomic E-state index is 13.2. The van der Waals surface area contributed by atoms with Gasteiger partial charge < -0.3 is 9.31 Å². The molecule has 0 saturated carbocycles. The number of hydrogen-bond acceptors (Lipinski definition) is 4. The number of benzene rings is 2. The summed E-state index contributed by atoms with van der Waals surface area (Å²) in [7, 11) is 1.22. The van der Waals surface area contributed by atoms with Gasteiger partial charge in [0.25, 0.3) is 0 Å². The van der Waals surface area contributed by atoms with Gasteiger partial charge in [0.1, 0.15) is 11.6 Å². The Balaban J connectivity index is 1.45. The van der Waals surface area contributed by atoms with Gasteiger partial charge in [-0.05, 0) is 47.2 Å². The van der Waals surface area contributed by atoms with Gasteiger partial charge in [-0.2, -0.15) is 0 Å². The second kappa shape index (κ2) is 5.83. The van der Waals surface area contributed by atoms with Gasteiger partial charge in [0.2, 0.25) is 0 Å². The summed E-state index contributed by atoms with van der Waals surface area (Å²) in [5.41, 5.74) is 0. The normalized spacial score (nSPS) is 11.0. The first-order valence-corrected chi connectivity index (χ1v) is 8.34. The van der Waals surface area contributed by atoms with Crippen LogP contribution >= 0.6 is 22.7 Å². The predicted octanol–water partition coefficient (Wildman–Crippen LogP) is 5.39. The maximum Gasteiger partial charge on any atom is 0.659 e. The summed E-state index contributed by atoms with van der Waals surface area (Å²) < 4.78 is 38.8. The summed E-state index contributed by atoms with van der Waals surface area (Å²) in [5.74, 6) is -0.549. The van der Waals surface area contributed by atoms with Gasteiger partial charge in [0.05, 0.1) is 0 Å². The van der Waals surface area contributed by atoms with Gasteiger partial charge in [0.15, 0.2) is 10.1 Å². The van der Waals surface area contributed by atoms with Gasteiger partial charge in [-0.1, -0.05) is 12.1 Å². The topological polar surface area (TPSA) is 18.5 Å². The average Bonchev–Trinajstić information content (AvgIpc) is 3.09. The Morgan fingerprint density at radius 3 is 1.65 bits per heavy atom. The lowest BCUT2D eigenvalue weighted by atomic mass is 10.2. The highest BCUT2D eigenvalue weighted by atomic mass is 32.1. The molecule has 2 heterocycles. The van der Waals surface area contributed by atoms with Crippen LogP contribution in [0.4, 0.5) is 8.78 Å². The van der Waals surface area contributed by atoms with Gasteiger partial charge in [-0.3, -0.25) is 0 Å². The van der Waals surface area contributed by atoms with E-state index in [1.807, 2.05) is 12.1 Å². The summed E-state index contributed by atoms with van der Waals surface area (Å²) in [6.07, 6.45) is 0. The third kappa shape index (κ3) is 3.02. The number of hydrogen-bond donors (Lipinski definition) is 0. The minimum atomic E-state index is -0.274. The Labute approximate surface area is 139 Å². The van der Waals surface area contributed by atoms with Crippen molar-refractivity contribution >= 4 is 50.5 Å². The molecule has 0 amide bonds. The first-order chi connectivity index (χ1) is 11.2. The fraction of sp³-hybridized carbons (Fsp3) is 0. The molecule has 0 aliphatic carbocycles. The summed E-state index contributed by atoms with van der Waals surface area (Å²) in [6.45, 7) is 0. The fourth-order valence-electron chi connectivity index (χ4n) is 2.20. The van der Waals surface area contributed by atoms with Crippen LogP contribution in [0.2, 0.25) is 0 Å². The van der Waals surface area contributed by atoms with Gasteiger partial charge in [0, 0.05) is 9.40 Å². The number of rotatable bonds is 4. The van der Waals surface area contributed by atoms with Crippen LogP contribution in [0.3, 0.4) is 0 Å². The highest BCUT2D eigenvalue weighted by molar-refractivity contribution is 7.21. The highest BCUT2D eigenvalue weighted by Crippen LogP contribution is 2.33. The second-order valence-corrected chi connectivity index (χ2v) is 6.92. The molecule has 1 radical (unpaired) electrons. The van der Waals surface area contributed by atoms with Crippen LogP contribution in [-0.4, -0.2) is 7.69 Å². The van der Waals surface area contributed by atoms with E-state index in [0.717, 1.165) is 20.2 Å². The van der Waals surface area contributed by atoms with Crippen molar-refractivity contribution in [1.29, 1.82) is 0 Å². The van der Waals surface area contributed by atoms with Crippen molar-refractivity contribution in [2.24, 2.45) is 0 Å². The van der Waals surface area contributed by atoms with Gasteiger partial charge >= 0.3 is 7.69 Å². The van der Waals surface area contributed by atoms with Gasteiger partial charge in [-0.15, -0.1) is 22.7 Å². The molecule has 0 aliphatic heterocycles. The van der Waals surface area contributed by atoms with E-state index < -0.39 is 0 Å². The lowest BCUT2D eigenvalue weighted by Crippen LogP contribution is -2.08. The fourth-order valence-corrected chi connectivity index (χ4v) is 4.01. The Bertz CT molecular complexity index is 916. The van der Waals surface area contributed by atoms with Crippen molar-refractivity contribution in [3.63, 3.8) is 0 Å². The number of fused-ring (bicyclic) bond motifs is 2. The third-order valence-corrected chi connectivity index (χ3v) is 5.23. The quantitative estimate of drug-likeness (QED) is 0.462. The molecule has 0 aliphatic rings. The van der Waals surface area contributed by atoms with Crippen molar-refractivity contribution in [2.45, 2.75) is 0 Å². The van der Waals surface area contributed by atoms with Crippen LogP contribution in [-0.2, 0) is 0 Å². The number of halogens is 2. The van der Waals surface area contributed by atoms with Crippen LogP contribution in [0.15, 0.2) is 48.5 Å². The van der Waals surface area contributed by atoms with Crippen LogP contribution in [0, 0.1) is 11.6 Å². The van der Waals surface area contributed by atoms with E-state index in [1.54, 1.807) is 12.1 Å². The molecule has 0 fully saturated rings. The molecular formula is C16H8BF2O2S2. The monoisotopic (exact) mass is 345 g/mol. The van der Waals surface area contributed by atoms with Crippen molar-refractivity contribution in [2.75, 3.05) is 0 Å². The first kappa shape index (κ1) is 14.5. The molecule has 4 rings (SSSR count). The lowest BCUT2D eigenvalue weighted by Gasteiger charge is -2.00. The van der Waals surface area contributed by atoms with E-state index >= 15 is 0 Å². The molecule has 0 bridgehead atoms. The smallest absolute Gasteiger partial charge is 0.519 e. The van der Waals surface area contributed by atoms with E-state index in [4.69, 9.17) is 9.31 Å². The van der Waals surface area contributed by atoms with Crippen LogP contribution in [0.25, 0.3) is 20.2 Å². The summed E-state index contributed by atoms with van der Waals surface area (Å²) in [6, 6.07) is 12.8. The van der Waals surface area contributed by atoms with Crippen LogP contribution in [0.5, 0.6) is 10.1 Å². The molecule has 7 heteroatoms. The largest absolute Gasteiger partial charge is 0.659 e. The van der Waals surface area contributed by atoms with Crippen molar-refractivity contribution < 1.29 is 18.1 Å². The number of thiophene rings is 2. The average molecular weight is 345 g/mol. The molecule has 0 saturated heterocycles. The van der Waals surface area contributed by atoms with E-state index in [1.165, 1.54) is 54.6 Å². The second-order valence-electron chi connectivity index (χ2n) is 4.83. The molecule has 0 unspecified atom stereocenters. The predicted molar refractivity (Wildman–Crippen MR) is 90.6 cm³/mol. The van der Waals surface area contributed by atoms with E-state index in [0.29, 0.717) is 10.1 Å². The van der Waals surface area contributed by atoms with Crippen molar-refractivity contribution in [3.8, 4) is 10.1 Å². The van der Waals surface area contributed by atoms with Gasteiger partial charge in [-0.25, -0.2) is 8.78 Å². The third-order valence-electron chi connectivity index (χ3n) is 3.25. The molecule has 113 valence electrons. The molecule has 0 spiro atoms. The molecule has 0 atom stereocenters. The summed E-state index contributed by atoms with van der Waals surface area (Å²) in [4.78, 5) is 0. The van der Waals surface area contributed by atoms with Crippen LogP contribution < -0.4 is 9.31 Å². The minimum absolute atomic E-state index is 0.274. The van der Waals surface area contributed by atoms with E-state index in [-0.39, 0.29) is 11.6 Å². The molecular weight excluding hydrogens is 337 g/mol. The molecule has 4 aromatic rings.